The summed E-state index contributed by atoms with van der Waals surface area (Å²) in [6.45, 7) is 0. The summed E-state index contributed by atoms with van der Waals surface area (Å²) in [5, 5.41) is 20.0. The Kier molecular flexibility index (Phi) is 4.18. The fourth-order valence-corrected chi connectivity index (χ4v) is 1.95. The van der Waals surface area contributed by atoms with Gasteiger partial charge in [-0.05, 0) is 24.3 Å². The van der Waals surface area contributed by atoms with Crippen LogP contribution in [0.1, 0.15) is 10.4 Å². The summed E-state index contributed by atoms with van der Waals surface area (Å²) in [6.07, 6.45) is 0. The molecule has 6 nitrogen and oxygen atoms in total. The number of benzene rings is 2. The van der Waals surface area contributed by atoms with Crippen molar-refractivity contribution in [3.8, 4) is 11.5 Å². The molecule has 8 heteroatoms. The van der Waals surface area contributed by atoms with Gasteiger partial charge in [-0.15, -0.1) is 0 Å². The van der Waals surface area contributed by atoms with Gasteiger partial charge in [0, 0.05) is 10.5 Å². The first-order valence-corrected chi connectivity index (χ1v) is 6.33. The topological polar surface area (TPSA) is 89.7 Å². The molecular weight excluding hydrogens is 349 g/mol. The molecule has 0 aromatic heterocycles. The lowest BCUT2D eigenvalue weighted by Crippen LogP contribution is -2.03. The quantitative estimate of drug-likeness (QED) is 0.661. The molecule has 0 unspecified atom stereocenters. The Hall–Kier alpha value is -2.48. The zero-order chi connectivity index (χ0) is 15.6. The number of hydrogen-bond acceptors (Lipinski definition) is 4. The molecule has 0 aliphatic heterocycles. The number of carboxylic acids is 1. The molecule has 21 heavy (non-hydrogen) atoms. The number of carboxylic acid groups (broad SMARTS) is 1. The van der Waals surface area contributed by atoms with Crippen LogP contribution >= 0.6 is 15.9 Å². The Labute approximate surface area is 126 Å². The van der Waals surface area contributed by atoms with Gasteiger partial charge in [0.15, 0.2) is 11.6 Å². The van der Waals surface area contributed by atoms with E-state index < -0.39 is 33.7 Å². The molecule has 2 aromatic rings. The highest BCUT2D eigenvalue weighted by Gasteiger charge is 2.24. The van der Waals surface area contributed by atoms with E-state index in [-0.39, 0.29) is 5.75 Å². The summed E-state index contributed by atoms with van der Waals surface area (Å²) in [7, 11) is 0. The van der Waals surface area contributed by atoms with Crippen LogP contribution in [0.15, 0.2) is 40.9 Å². The summed E-state index contributed by atoms with van der Waals surface area (Å²) in [6, 6.07) is 7.24. The van der Waals surface area contributed by atoms with Crippen LogP contribution in [0.25, 0.3) is 0 Å². The third-order valence-corrected chi connectivity index (χ3v) is 3.02. The van der Waals surface area contributed by atoms with Crippen molar-refractivity contribution in [2.24, 2.45) is 0 Å². The molecule has 2 aromatic carbocycles. The van der Waals surface area contributed by atoms with E-state index in [1.807, 2.05) is 0 Å². The number of rotatable bonds is 4. The fraction of sp³-hybridized carbons (Fsp3) is 0. The second-order valence-electron chi connectivity index (χ2n) is 3.89. The summed E-state index contributed by atoms with van der Waals surface area (Å²) >= 11 is 3.06. The first-order chi connectivity index (χ1) is 9.90. The smallest absolute Gasteiger partial charge is 0.339 e. The molecule has 0 atom stereocenters. The van der Waals surface area contributed by atoms with Gasteiger partial charge in [-0.3, -0.25) is 10.1 Å². The molecule has 0 saturated heterocycles. The van der Waals surface area contributed by atoms with Crippen LogP contribution in [0, 0.1) is 15.9 Å². The molecule has 0 aliphatic carbocycles. The van der Waals surface area contributed by atoms with E-state index in [1.165, 1.54) is 18.2 Å². The maximum absolute atomic E-state index is 13.7. The predicted octanol–water partition coefficient (Wildman–Crippen LogP) is 3.99. The molecule has 0 fully saturated rings. The standard InChI is InChI=1S/C13H7BrFNO5/c14-7-4-5-11(9(15)6-7)21-12-8(13(17)18)2-1-3-10(12)16(19)20/h1-6H,(H,17,18). The normalized spacial score (nSPS) is 10.2. The van der Waals surface area contributed by atoms with Gasteiger partial charge in [0.1, 0.15) is 5.56 Å². The van der Waals surface area contributed by atoms with E-state index in [0.29, 0.717) is 4.47 Å². The average molecular weight is 356 g/mol. The Morgan fingerprint density at radius 3 is 2.62 bits per heavy atom. The lowest BCUT2D eigenvalue weighted by molar-refractivity contribution is -0.385. The number of halogens is 2. The molecule has 108 valence electrons. The number of aromatic carboxylic acids is 1. The van der Waals surface area contributed by atoms with Crippen LogP contribution < -0.4 is 4.74 Å². The van der Waals surface area contributed by atoms with E-state index >= 15 is 0 Å². The molecule has 0 bridgehead atoms. The minimum Gasteiger partial charge on any atom is -0.478 e. The SMILES string of the molecule is O=C(O)c1cccc([N+](=O)[O-])c1Oc1ccc(Br)cc1F. The molecule has 0 saturated carbocycles. The molecule has 2 rings (SSSR count). The van der Waals surface area contributed by atoms with E-state index in [2.05, 4.69) is 15.9 Å². The Balaban J connectivity index is 2.56. The fourth-order valence-electron chi connectivity index (χ4n) is 1.61. The lowest BCUT2D eigenvalue weighted by Gasteiger charge is -2.10. The van der Waals surface area contributed by atoms with Crippen molar-refractivity contribution in [2.75, 3.05) is 0 Å². The largest absolute Gasteiger partial charge is 0.478 e. The van der Waals surface area contributed by atoms with Gasteiger partial charge in [-0.1, -0.05) is 22.0 Å². The number of nitro groups is 1. The lowest BCUT2D eigenvalue weighted by atomic mass is 10.1. The van der Waals surface area contributed by atoms with Crippen molar-refractivity contribution in [3.63, 3.8) is 0 Å². The van der Waals surface area contributed by atoms with E-state index in [0.717, 1.165) is 18.2 Å². The first-order valence-electron chi connectivity index (χ1n) is 5.53. The molecular formula is C13H7BrFNO5. The summed E-state index contributed by atoms with van der Waals surface area (Å²) < 4.78 is 19.3. The van der Waals surface area contributed by atoms with Crippen LogP contribution in [0.5, 0.6) is 11.5 Å². The minimum absolute atomic E-state index is 0.310. The zero-order valence-electron chi connectivity index (χ0n) is 10.2. The highest BCUT2D eigenvalue weighted by atomic mass is 79.9. The monoisotopic (exact) mass is 355 g/mol. The van der Waals surface area contributed by atoms with Crippen molar-refractivity contribution in [3.05, 3.63) is 62.4 Å². The summed E-state index contributed by atoms with van der Waals surface area (Å²) in [4.78, 5) is 21.3. The average Bonchev–Trinajstić information content (AvgIpc) is 2.41. The van der Waals surface area contributed by atoms with Gasteiger partial charge in [0.05, 0.1) is 4.92 Å². The minimum atomic E-state index is -1.41. The van der Waals surface area contributed by atoms with Crippen LogP contribution in [0.4, 0.5) is 10.1 Å². The second-order valence-corrected chi connectivity index (χ2v) is 4.81. The number of para-hydroxylation sites is 1. The Bertz CT molecular complexity index is 702. The van der Waals surface area contributed by atoms with Crippen molar-refractivity contribution < 1.29 is 24.0 Å². The van der Waals surface area contributed by atoms with Crippen molar-refractivity contribution in [2.45, 2.75) is 0 Å². The Morgan fingerprint density at radius 1 is 1.33 bits per heavy atom. The second kappa shape index (κ2) is 5.88. The van der Waals surface area contributed by atoms with Gasteiger partial charge >= 0.3 is 11.7 Å². The van der Waals surface area contributed by atoms with Gasteiger partial charge in [-0.25, -0.2) is 9.18 Å². The molecule has 0 radical (unpaired) electrons. The molecule has 0 aliphatic rings. The van der Waals surface area contributed by atoms with Gasteiger partial charge < -0.3 is 9.84 Å². The molecule has 0 spiro atoms. The third kappa shape index (κ3) is 3.16. The van der Waals surface area contributed by atoms with Gasteiger partial charge in [-0.2, -0.15) is 0 Å². The van der Waals surface area contributed by atoms with E-state index in [4.69, 9.17) is 9.84 Å². The summed E-state index contributed by atoms with van der Waals surface area (Å²) in [5.74, 6) is -3.02. The highest BCUT2D eigenvalue weighted by molar-refractivity contribution is 9.10. The van der Waals surface area contributed by atoms with Crippen molar-refractivity contribution >= 4 is 27.6 Å². The van der Waals surface area contributed by atoms with Crippen LogP contribution in [0.3, 0.4) is 0 Å². The number of hydrogen-bond donors (Lipinski definition) is 1. The van der Waals surface area contributed by atoms with E-state index in [9.17, 15) is 19.3 Å². The molecule has 0 heterocycles. The number of carbonyl (C=O) groups is 1. The first kappa shape index (κ1) is 14.9. The molecule has 0 amide bonds. The summed E-state index contributed by atoms with van der Waals surface area (Å²) in [5.41, 5.74) is -0.983. The maximum Gasteiger partial charge on any atom is 0.339 e. The van der Waals surface area contributed by atoms with Crippen molar-refractivity contribution in [1.29, 1.82) is 0 Å². The van der Waals surface area contributed by atoms with Gasteiger partial charge in [0.2, 0.25) is 5.75 Å². The van der Waals surface area contributed by atoms with Gasteiger partial charge in [0.25, 0.3) is 0 Å². The zero-order valence-corrected chi connectivity index (χ0v) is 11.8. The third-order valence-electron chi connectivity index (χ3n) is 2.53. The van der Waals surface area contributed by atoms with Crippen LogP contribution in [-0.2, 0) is 0 Å². The number of ether oxygens (including phenoxy) is 1. The Morgan fingerprint density at radius 2 is 2.05 bits per heavy atom. The number of nitro benzene ring substituents is 1. The highest BCUT2D eigenvalue weighted by Crippen LogP contribution is 2.36. The molecule has 1 N–H and O–H groups in total. The number of nitrogens with zero attached hydrogens (tertiary/aromatic N) is 1. The maximum atomic E-state index is 13.7. The van der Waals surface area contributed by atoms with Crippen molar-refractivity contribution in [1.82, 2.24) is 0 Å². The van der Waals surface area contributed by atoms with Crippen LogP contribution in [0.2, 0.25) is 0 Å². The van der Waals surface area contributed by atoms with Crippen LogP contribution in [-0.4, -0.2) is 16.0 Å². The predicted molar refractivity (Wildman–Crippen MR) is 74.2 cm³/mol. The van der Waals surface area contributed by atoms with E-state index in [1.54, 1.807) is 0 Å².